The summed E-state index contributed by atoms with van der Waals surface area (Å²) in [4.78, 5) is 25.3. The second kappa shape index (κ2) is 5.77. The van der Waals surface area contributed by atoms with Crippen LogP contribution in [0, 0.1) is 0 Å². The highest BCUT2D eigenvalue weighted by molar-refractivity contribution is 6.39. The zero-order valence-electron chi connectivity index (χ0n) is 10.0. The lowest BCUT2D eigenvalue weighted by atomic mass is 10.1. The normalized spacial score (nSPS) is 19.3. The first-order chi connectivity index (χ1) is 9.02. The van der Waals surface area contributed by atoms with E-state index < -0.39 is 11.9 Å². The molecule has 1 aromatic rings. The summed E-state index contributed by atoms with van der Waals surface area (Å²) in [6, 6.07) is 4.14. The molecule has 0 radical (unpaired) electrons. The van der Waals surface area contributed by atoms with Gasteiger partial charge in [0.25, 0.3) is 5.91 Å². The van der Waals surface area contributed by atoms with Crippen molar-refractivity contribution in [2.45, 2.75) is 6.04 Å². The summed E-state index contributed by atoms with van der Waals surface area (Å²) in [5.41, 5.74) is 5.52. The van der Waals surface area contributed by atoms with Crippen LogP contribution in [0.1, 0.15) is 10.4 Å². The molecule has 0 saturated carbocycles. The molecule has 19 heavy (non-hydrogen) atoms. The molecule has 1 fully saturated rings. The average molecular weight is 302 g/mol. The molecule has 2 rings (SSSR count). The van der Waals surface area contributed by atoms with Crippen molar-refractivity contribution in [3.05, 3.63) is 33.8 Å². The first-order valence-electron chi connectivity index (χ1n) is 5.77. The number of carbonyl (C=O) groups excluding carboxylic acids is 2. The molecule has 1 atom stereocenters. The molecule has 5 nitrogen and oxygen atoms in total. The van der Waals surface area contributed by atoms with Crippen LogP contribution in [0.2, 0.25) is 10.0 Å². The van der Waals surface area contributed by atoms with Crippen molar-refractivity contribution in [3.63, 3.8) is 0 Å². The van der Waals surface area contributed by atoms with E-state index >= 15 is 0 Å². The Labute approximate surface area is 120 Å². The summed E-state index contributed by atoms with van der Waals surface area (Å²) < 4.78 is 0. The molecule has 1 aliphatic rings. The zero-order chi connectivity index (χ0) is 14.0. The molecule has 1 heterocycles. The SMILES string of the molecule is NC(=O)C1CNCCN1C(=O)c1c(Cl)cccc1Cl. The van der Waals surface area contributed by atoms with Crippen molar-refractivity contribution in [2.24, 2.45) is 5.73 Å². The number of hydrogen-bond acceptors (Lipinski definition) is 3. The first kappa shape index (κ1) is 14.1. The van der Waals surface area contributed by atoms with Crippen molar-refractivity contribution in [1.29, 1.82) is 0 Å². The third-order valence-electron chi connectivity index (χ3n) is 3.01. The summed E-state index contributed by atoms with van der Waals surface area (Å²) in [5.74, 6) is -0.926. The van der Waals surface area contributed by atoms with E-state index in [1.807, 2.05) is 0 Å². The van der Waals surface area contributed by atoms with Gasteiger partial charge in [-0.2, -0.15) is 0 Å². The second-order valence-electron chi connectivity index (χ2n) is 4.22. The molecule has 102 valence electrons. The molecular formula is C12H13Cl2N3O2. The van der Waals surface area contributed by atoms with Gasteiger partial charge in [0.1, 0.15) is 6.04 Å². The third kappa shape index (κ3) is 2.83. The number of benzene rings is 1. The largest absolute Gasteiger partial charge is 0.368 e. The van der Waals surface area contributed by atoms with E-state index in [0.29, 0.717) is 19.6 Å². The topological polar surface area (TPSA) is 75.4 Å². The number of nitrogens with one attached hydrogen (secondary N) is 1. The monoisotopic (exact) mass is 301 g/mol. The molecule has 0 aromatic heterocycles. The Kier molecular flexibility index (Phi) is 4.29. The molecule has 1 aliphatic heterocycles. The van der Waals surface area contributed by atoms with Gasteiger partial charge in [-0.15, -0.1) is 0 Å². The summed E-state index contributed by atoms with van der Waals surface area (Å²) in [6.07, 6.45) is 0. The van der Waals surface area contributed by atoms with Gasteiger partial charge in [0.15, 0.2) is 0 Å². The number of halogens is 2. The highest BCUT2D eigenvalue weighted by Crippen LogP contribution is 2.26. The van der Waals surface area contributed by atoms with Crippen LogP contribution in [-0.4, -0.2) is 42.4 Å². The molecule has 1 unspecified atom stereocenters. The van der Waals surface area contributed by atoms with Gasteiger partial charge >= 0.3 is 0 Å². The molecule has 3 N–H and O–H groups in total. The van der Waals surface area contributed by atoms with Crippen molar-refractivity contribution in [2.75, 3.05) is 19.6 Å². The number of hydrogen-bond donors (Lipinski definition) is 2. The van der Waals surface area contributed by atoms with Gasteiger partial charge in [-0.1, -0.05) is 29.3 Å². The summed E-state index contributed by atoms with van der Waals surface area (Å²) in [5, 5.41) is 3.55. The Bertz CT molecular complexity index is 501. The van der Waals surface area contributed by atoms with E-state index in [0.717, 1.165) is 0 Å². The van der Waals surface area contributed by atoms with Crippen LogP contribution in [0.4, 0.5) is 0 Å². The fourth-order valence-corrected chi connectivity index (χ4v) is 2.61. The van der Waals surface area contributed by atoms with E-state index in [9.17, 15) is 9.59 Å². The van der Waals surface area contributed by atoms with E-state index in [2.05, 4.69) is 5.32 Å². The molecule has 1 saturated heterocycles. The Morgan fingerprint density at radius 2 is 1.95 bits per heavy atom. The Morgan fingerprint density at radius 1 is 1.32 bits per heavy atom. The highest BCUT2D eigenvalue weighted by Gasteiger charge is 2.32. The van der Waals surface area contributed by atoms with Crippen LogP contribution in [0.3, 0.4) is 0 Å². The van der Waals surface area contributed by atoms with Crippen LogP contribution in [-0.2, 0) is 4.79 Å². The van der Waals surface area contributed by atoms with E-state index in [1.54, 1.807) is 18.2 Å². The van der Waals surface area contributed by atoms with Crippen molar-refractivity contribution in [3.8, 4) is 0 Å². The summed E-state index contributed by atoms with van der Waals surface area (Å²) in [6.45, 7) is 1.31. The van der Waals surface area contributed by atoms with Gasteiger partial charge in [0.05, 0.1) is 15.6 Å². The van der Waals surface area contributed by atoms with Crippen molar-refractivity contribution < 1.29 is 9.59 Å². The number of nitrogens with zero attached hydrogens (tertiary/aromatic N) is 1. The maximum atomic E-state index is 12.5. The number of rotatable bonds is 2. The van der Waals surface area contributed by atoms with Crippen LogP contribution in [0.25, 0.3) is 0 Å². The van der Waals surface area contributed by atoms with Gasteiger partial charge in [-0.05, 0) is 12.1 Å². The minimum Gasteiger partial charge on any atom is -0.368 e. The van der Waals surface area contributed by atoms with Gasteiger partial charge in [0.2, 0.25) is 5.91 Å². The molecule has 2 amide bonds. The Balaban J connectivity index is 2.34. The first-order valence-corrected chi connectivity index (χ1v) is 6.53. The molecule has 1 aromatic carbocycles. The van der Waals surface area contributed by atoms with E-state index in [4.69, 9.17) is 28.9 Å². The van der Waals surface area contributed by atoms with Gasteiger partial charge < -0.3 is 16.0 Å². The Hall–Kier alpha value is -1.30. The second-order valence-corrected chi connectivity index (χ2v) is 5.03. The maximum Gasteiger partial charge on any atom is 0.257 e. The number of carbonyl (C=O) groups is 2. The highest BCUT2D eigenvalue weighted by atomic mass is 35.5. The number of nitrogens with two attached hydrogens (primary N) is 1. The standard InChI is InChI=1S/C12H13Cl2N3O2/c13-7-2-1-3-8(14)10(7)12(19)17-5-4-16-6-9(17)11(15)18/h1-3,9,16H,4-6H2,(H2,15,18). The third-order valence-corrected chi connectivity index (χ3v) is 3.64. The summed E-state index contributed by atoms with van der Waals surface area (Å²) >= 11 is 12.0. The molecule has 0 bridgehead atoms. The smallest absolute Gasteiger partial charge is 0.257 e. The van der Waals surface area contributed by atoms with Gasteiger partial charge in [-0.3, -0.25) is 9.59 Å². The van der Waals surface area contributed by atoms with Crippen molar-refractivity contribution in [1.82, 2.24) is 10.2 Å². The molecular weight excluding hydrogens is 289 g/mol. The average Bonchev–Trinajstić information content (AvgIpc) is 2.38. The summed E-state index contributed by atoms with van der Waals surface area (Å²) in [7, 11) is 0. The van der Waals surface area contributed by atoms with Gasteiger partial charge in [-0.25, -0.2) is 0 Å². The lowest BCUT2D eigenvalue weighted by molar-refractivity contribution is -0.122. The predicted octanol–water partition coefficient (Wildman–Crippen LogP) is 0.893. The minimum absolute atomic E-state index is 0.207. The molecule has 7 heteroatoms. The lowest BCUT2D eigenvalue weighted by Gasteiger charge is -2.34. The predicted molar refractivity (Wildman–Crippen MR) is 73.4 cm³/mol. The lowest BCUT2D eigenvalue weighted by Crippen LogP contribution is -2.58. The number of primary amides is 1. The molecule has 0 aliphatic carbocycles. The van der Waals surface area contributed by atoms with Crippen LogP contribution < -0.4 is 11.1 Å². The fourth-order valence-electron chi connectivity index (χ4n) is 2.05. The Morgan fingerprint density at radius 3 is 2.53 bits per heavy atom. The fraction of sp³-hybridized carbons (Fsp3) is 0.333. The zero-order valence-corrected chi connectivity index (χ0v) is 11.5. The van der Waals surface area contributed by atoms with Crippen LogP contribution in [0.15, 0.2) is 18.2 Å². The number of amides is 2. The van der Waals surface area contributed by atoms with E-state index in [1.165, 1.54) is 4.90 Å². The quantitative estimate of drug-likeness (QED) is 0.852. The van der Waals surface area contributed by atoms with E-state index in [-0.39, 0.29) is 21.5 Å². The number of piperazine rings is 1. The molecule has 0 spiro atoms. The van der Waals surface area contributed by atoms with Crippen LogP contribution >= 0.6 is 23.2 Å². The van der Waals surface area contributed by atoms with Crippen LogP contribution in [0.5, 0.6) is 0 Å². The van der Waals surface area contributed by atoms with Crippen molar-refractivity contribution >= 4 is 35.0 Å². The van der Waals surface area contributed by atoms with Gasteiger partial charge in [0, 0.05) is 19.6 Å². The maximum absolute atomic E-state index is 12.5. The minimum atomic E-state index is -0.686.